The van der Waals surface area contributed by atoms with Gasteiger partial charge in [-0.05, 0) is 43.5 Å². The highest BCUT2D eigenvalue weighted by molar-refractivity contribution is 5.82. The van der Waals surface area contributed by atoms with Gasteiger partial charge in [-0.2, -0.15) is 0 Å². The minimum atomic E-state index is 0.101. The summed E-state index contributed by atoms with van der Waals surface area (Å²) >= 11 is 0. The quantitative estimate of drug-likeness (QED) is 0.812. The van der Waals surface area contributed by atoms with E-state index in [0.29, 0.717) is 17.0 Å². The molecule has 0 spiro atoms. The van der Waals surface area contributed by atoms with Gasteiger partial charge in [0, 0.05) is 14.1 Å². The summed E-state index contributed by atoms with van der Waals surface area (Å²) in [6, 6.07) is 6.08. The highest BCUT2D eigenvalue weighted by Gasteiger charge is 2.20. The summed E-state index contributed by atoms with van der Waals surface area (Å²) in [7, 11) is 5.41. The molecule has 1 heterocycles. The van der Waals surface area contributed by atoms with Crippen LogP contribution in [0.2, 0.25) is 0 Å². The van der Waals surface area contributed by atoms with Gasteiger partial charge in [-0.3, -0.25) is 0 Å². The Hall–Kier alpha value is -2.75. The monoisotopic (exact) mass is 338 g/mol. The van der Waals surface area contributed by atoms with Crippen molar-refractivity contribution in [2.75, 3.05) is 21.2 Å². The lowest BCUT2D eigenvalue weighted by molar-refractivity contribution is 0.406. The van der Waals surface area contributed by atoms with Crippen LogP contribution in [0.15, 0.2) is 42.6 Å². The Morgan fingerprint density at radius 1 is 1.24 bits per heavy atom. The normalized spacial score (nSPS) is 11.4. The highest BCUT2D eigenvalue weighted by Crippen LogP contribution is 2.41. The molecule has 0 bridgehead atoms. The highest BCUT2D eigenvalue weighted by atomic mass is 16.5. The van der Waals surface area contributed by atoms with E-state index < -0.39 is 0 Å². The molecule has 0 saturated heterocycles. The largest absolute Gasteiger partial charge is 0.505 e. The van der Waals surface area contributed by atoms with Crippen molar-refractivity contribution in [1.29, 1.82) is 0 Å². The van der Waals surface area contributed by atoms with Gasteiger partial charge < -0.3 is 14.7 Å². The number of methoxy groups -OCH3 is 1. The number of aryl methyl sites for hydroxylation is 2. The van der Waals surface area contributed by atoms with Crippen LogP contribution in [0.25, 0.3) is 16.8 Å². The maximum Gasteiger partial charge on any atom is 0.154 e. The van der Waals surface area contributed by atoms with Crippen LogP contribution in [0.4, 0.5) is 0 Å². The molecule has 0 fully saturated rings. The first kappa shape index (κ1) is 18.6. The maximum absolute atomic E-state index is 11.0. The minimum Gasteiger partial charge on any atom is -0.505 e. The zero-order chi connectivity index (χ0) is 18.7. The molecule has 0 unspecified atom stereocenters. The molecule has 132 valence electrons. The number of aromatic nitrogens is 1. The number of rotatable bonds is 5. The SMILES string of the molecule is C=C(C)/C=C(/c1ncc(OC)c(-c2ccc(C)c(C)c2)c1O)N(C)C. The second-order valence-corrected chi connectivity index (χ2v) is 6.47. The second kappa shape index (κ2) is 7.43. The molecule has 2 aromatic rings. The fraction of sp³-hybridized carbons (Fsp3) is 0.286. The summed E-state index contributed by atoms with van der Waals surface area (Å²) in [6.07, 6.45) is 3.55. The molecular weight excluding hydrogens is 312 g/mol. The average Bonchev–Trinajstić information content (AvgIpc) is 2.55. The van der Waals surface area contributed by atoms with Crippen LogP contribution in [0, 0.1) is 13.8 Å². The predicted octanol–water partition coefficient (Wildman–Crippen LogP) is 4.56. The van der Waals surface area contributed by atoms with E-state index in [4.69, 9.17) is 4.74 Å². The van der Waals surface area contributed by atoms with Gasteiger partial charge in [-0.1, -0.05) is 30.4 Å². The molecule has 0 aliphatic rings. The van der Waals surface area contributed by atoms with E-state index in [-0.39, 0.29) is 5.75 Å². The summed E-state index contributed by atoms with van der Waals surface area (Å²) < 4.78 is 5.45. The van der Waals surface area contributed by atoms with Crippen LogP contribution in [0.1, 0.15) is 23.7 Å². The van der Waals surface area contributed by atoms with Crippen molar-refractivity contribution >= 4 is 5.70 Å². The third-order valence-electron chi connectivity index (χ3n) is 4.14. The summed E-state index contributed by atoms with van der Waals surface area (Å²) in [5.74, 6) is 0.640. The van der Waals surface area contributed by atoms with Gasteiger partial charge in [0.15, 0.2) is 5.75 Å². The Balaban J connectivity index is 2.75. The van der Waals surface area contributed by atoms with Crippen molar-refractivity contribution in [1.82, 2.24) is 9.88 Å². The molecule has 25 heavy (non-hydrogen) atoms. The molecule has 4 nitrogen and oxygen atoms in total. The molecule has 0 saturated carbocycles. The van der Waals surface area contributed by atoms with Crippen molar-refractivity contribution in [3.63, 3.8) is 0 Å². The zero-order valence-corrected chi connectivity index (χ0v) is 15.8. The smallest absolute Gasteiger partial charge is 0.154 e. The molecule has 1 aromatic carbocycles. The number of ether oxygens (including phenoxy) is 1. The lowest BCUT2D eigenvalue weighted by atomic mass is 9.98. The van der Waals surface area contributed by atoms with Gasteiger partial charge in [0.1, 0.15) is 11.4 Å². The molecule has 0 atom stereocenters. The third kappa shape index (κ3) is 3.85. The van der Waals surface area contributed by atoms with Gasteiger partial charge in [-0.25, -0.2) is 4.98 Å². The molecule has 0 radical (unpaired) electrons. The van der Waals surface area contributed by atoms with Crippen LogP contribution < -0.4 is 4.74 Å². The molecule has 0 aliphatic carbocycles. The van der Waals surface area contributed by atoms with E-state index in [1.807, 2.05) is 44.1 Å². The summed E-state index contributed by atoms with van der Waals surface area (Å²) in [6.45, 7) is 9.96. The summed E-state index contributed by atoms with van der Waals surface area (Å²) in [5, 5.41) is 11.0. The van der Waals surface area contributed by atoms with E-state index >= 15 is 0 Å². The first-order chi connectivity index (χ1) is 11.8. The Morgan fingerprint density at radius 3 is 2.44 bits per heavy atom. The molecule has 2 rings (SSSR count). The summed E-state index contributed by atoms with van der Waals surface area (Å²) in [5.41, 5.74) is 6.07. The molecule has 0 amide bonds. The van der Waals surface area contributed by atoms with Crippen molar-refractivity contribution < 1.29 is 9.84 Å². The lowest BCUT2D eigenvalue weighted by Crippen LogP contribution is -2.12. The topological polar surface area (TPSA) is 45.6 Å². The summed E-state index contributed by atoms with van der Waals surface area (Å²) in [4.78, 5) is 6.33. The van der Waals surface area contributed by atoms with Crippen molar-refractivity contribution in [2.45, 2.75) is 20.8 Å². The van der Waals surface area contributed by atoms with Crippen molar-refractivity contribution in [3.8, 4) is 22.6 Å². The van der Waals surface area contributed by atoms with Gasteiger partial charge in [0.25, 0.3) is 0 Å². The van der Waals surface area contributed by atoms with Crippen molar-refractivity contribution in [2.24, 2.45) is 0 Å². The van der Waals surface area contributed by atoms with E-state index in [1.54, 1.807) is 13.3 Å². The Bertz CT molecular complexity index is 836. The van der Waals surface area contributed by atoms with Crippen LogP contribution in [0.5, 0.6) is 11.5 Å². The number of pyridine rings is 1. The first-order valence-corrected chi connectivity index (χ1v) is 8.14. The number of aromatic hydroxyl groups is 1. The molecule has 4 heteroatoms. The fourth-order valence-electron chi connectivity index (χ4n) is 2.64. The number of hydrogen-bond donors (Lipinski definition) is 1. The van der Waals surface area contributed by atoms with Crippen LogP contribution >= 0.6 is 0 Å². The molecule has 0 aliphatic heterocycles. The average molecular weight is 338 g/mol. The third-order valence-corrected chi connectivity index (χ3v) is 4.14. The molecular formula is C21H26N2O2. The Morgan fingerprint density at radius 2 is 1.92 bits per heavy atom. The predicted molar refractivity (Wildman–Crippen MR) is 104 cm³/mol. The molecule has 1 N–H and O–H groups in total. The van der Waals surface area contributed by atoms with Gasteiger partial charge >= 0.3 is 0 Å². The van der Waals surface area contributed by atoms with Crippen LogP contribution in [0.3, 0.4) is 0 Å². The van der Waals surface area contributed by atoms with Crippen molar-refractivity contribution in [3.05, 3.63) is 59.4 Å². The van der Waals surface area contributed by atoms with E-state index in [2.05, 4.69) is 31.5 Å². The Kier molecular flexibility index (Phi) is 5.52. The van der Waals surface area contributed by atoms with Gasteiger partial charge in [-0.15, -0.1) is 0 Å². The standard InChI is InChI=1S/C21H26N2O2/c1-13(2)10-17(23(5)6)20-21(24)19(18(25-7)12-22-20)16-9-8-14(3)15(4)11-16/h8-12,24H,1H2,2-7H3/b17-10-. The number of hydrogen-bond acceptors (Lipinski definition) is 4. The molecule has 1 aromatic heterocycles. The fourth-order valence-corrected chi connectivity index (χ4v) is 2.64. The second-order valence-electron chi connectivity index (χ2n) is 6.47. The lowest BCUT2D eigenvalue weighted by Gasteiger charge is -2.20. The van der Waals surface area contributed by atoms with E-state index in [9.17, 15) is 5.11 Å². The van der Waals surface area contributed by atoms with Gasteiger partial charge in [0.05, 0.1) is 24.6 Å². The zero-order valence-electron chi connectivity index (χ0n) is 15.8. The maximum atomic E-state index is 11.0. The van der Waals surface area contributed by atoms with Crippen LogP contribution in [-0.4, -0.2) is 36.2 Å². The Labute approximate surface area is 150 Å². The van der Waals surface area contributed by atoms with Gasteiger partial charge in [0.2, 0.25) is 0 Å². The number of allylic oxidation sites excluding steroid dienone is 2. The number of nitrogens with zero attached hydrogens (tertiary/aromatic N) is 2. The number of benzene rings is 1. The minimum absolute atomic E-state index is 0.101. The van der Waals surface area contributed by atoms with E-state index in [1.165, 1.54) is 5.56 Å². The van der Waals surface area contributed by atoms with E-state index in [0.717, 1.165) is 22.4 Å². The van der Waals surface area contributed by atoms with Crippen LogP contribution in [-0.2, 0) is 0 Å². The first-order valence-electron chi connectivity index (χ1n) is 8.14.